The maximum absolute atomic E-state index is 11.6. The zero-order valence-corrected chi connectivity index (χ0v) is 9.89. The van der Waals surface area contributed by atoms with E-state index < -0.39 is 0 Å². The highest BCUT2D eigenvalue weighted by atomic mass is 16.5. The summed E-state index contributed by atoms with van der Waals surface area (Å²) in [7, 11) is 0. The molecule has 96 valence electrons. The molecule has 0 spiro atoms. The smallest absolute Gasteiger partial charge is 0.265 e. The monoisotopic (exact) mass is 249 g/mol. The van der Waals surface area contributed by atoms with Gasteiger partial charge in [-0.1, -0.05) is 18.2 Å². The Balaban J connectivity index is 2.18. The minimum atomic E-state index is -0.355. The molecule has 1 heterocycles. The van der Waals surface area contributed by atoms with Gasteiger partial charge in [0, 0.05) is 18.7 Å². The van der Waals surface area contributed by atoms with Gasteiger partial charge in [0.05, 0.1) is 6.61 Å². The van der Waals surface area contributed by atoms with Crippen LogP contribution >= 0.6 is 0 Å². The molecule has 0 saturated carbocycles. The lowest BCUT2D eigenvalue weighted by Gasteiger charge is -2.27. The number of hydrogen-bond acceptors (Lipinski definition) is 4. The molecular weight excluding hydrogens is 234 g/mol. The van der Waals surface area contributed by atoms with Crippen LogP contribution in [0.3, 0.4) is 0 Å². The summed E-state index contributed by atoms with van der Waals surface area (Å²) >= 11 is 0. The number of nitrogens with one attached hydrogen (secondary N) is 1. The van der Waals surface area contributed by atoms with E-state index in [1.165, 1.54) is 0 Å². The molecule has 1 saturated heterocycles. The van der Waals surface area contributed by atoms with Crippen LogP contribution in [0.25, 0.3) is 0 Å². The lowest BCUT2D eigenvalue weighted by atomic mass is 10.1. The van der Waals surface area contributed by atoms with Gasteiger partial charge in [0.15, 0.2) is 0 Å². The Morgan fingerprint density at radius 2 is 2.22 bits per heavy atom. The maximum atomic E-state index is 11.6. The predicted octanol–water partition coefficient (Wildman–Crippen LogP) is -0.351. The van der Waals surface area contributed by atoms with Crippen LogP contribution in [0.1, 0.15) is 15.9 Å². The summed E-state index contributed by atoms with van der Waals surface area (Å²) < 4.78 is 5.06. The zero-order valence-electron chi connectivity index (χ0n) is 9.89. The van der Waals surface area contributed by atoms with Crippen molar-refractivity contribution in [3.63, 3.8) is 0 Å². The van der Waals surface area contributed by atoms with Crippen molar-refractivity contribution in [2.75, 3.05) is 19.8 Å². The summed E-state index contributed by atoms with van der Waals surface area (Å²) in [6.45, 7) is 1.56. The van der Waals surface area contributed by atoms with Gasteiger partial charge in [-0.15, -0.1) is 0 Å². The number of rotatable bonds is 3. The van der Waals surface area contributed by atoms with Crippen LogP contribution in [0.15, 0.2) is 24.3 Å². The topological polar surface area (TPSA) is 84.7 Å². The standard InChI is InChI=1S/C12H15N3O3/c13-14-12(17)10-4-2-1-3-9(10)7-15-5-6-18-8-11(15)16/h1-4H,5-8,13H2,(H,14,17). The van der Waals surface area contributed by atoms with Crippen molar-refractivity contribution in [2.45, 2.75) is 6.54 Å². The van der Waals surface area contributed by atoms with E-state index in [1.807, 2.05) is 12.1 Å². The van der Waals surface area contributed by atoms with Crippen LogP contribution < -0.4 is 11.3 Å². The van der Waals surface area contributed by atoms with Crippen molar-refractivity contribution in [3.8, 4) is 0 Å². The van der Waals surface area contributed by atoms with E-state index in [0.29, 0.717) is 25.3 Å². The molecule has 1 aliphatic rings. The molecule has 2 amide bonds. The average molecular weight is 249 g/mol. The highest BCUT2D eigenvalue weighted by Gasteiger charge is 2.20. The maximum Gasteiger partial charge on any atom is 0.265 e. The van der Waals surface area contributed by atoms with E-state index in [-0.39, 0.29) is 18.4 Å². The first kappa shape index (κ1) is 12.5. The van der Waals surface area contributed by atoms with Gasteiger partial charge in [0.2, 0.25) is 5.91 Å². The molecule has 0 aromatic heterocycles. The van der Waals surface area contributed by atoms with Crippen LogP contribution in [-0.4, -0.2) is 36.5 Å². The largest absolute Gasteiger partial charge is 0.370 e. The summed E-state index contributed by atoms with van der Waals surface area (Å²) in [5, 5.41) is 0. The SMILES string of the molecule is NNC(=O)c1ccccc1CN1CCOCC1=O. The number of ether oxygens (including phenoxy) is 1. The van der Waals surface area contributed by atoms with E-state index in [2.05, 4.69) is 5.43 Å². The lowest BCUT2D eigenvalue weighted by Crippen LogP contribution is -2.41. The van der Waals surface area contributed by atoms with Crippen LogP contribution in [0.5, 0.6) is 0 Å². The van der Waals surface area contributed by atoms with Gasteiger partial charge in [-0.2, -0.15) is 0 Å². The quantitative estimate of drug-likeness (QED) is 0.435. The molecule has 0 bridgehead atoms. The fourth-order valence-electron chi connectivity index (χ4n) is 1.88. The minimum absolute atomic E-state index is 0.0655. The first-order chi connectivity index (χ1) is 8.72. The van der Waals surface area contributed by atoms with Crippen molar-refractivity contribution in [1.82, 2.24) is 10.3 Å². The third-order valence-corrected chi connectivity index (χ3v) is 2.84. The number of benzene rings is 1. The number of nitrogen functional groups attached to an aromatic ring is 1. The van der Waals surface area contributed by atoms with E-state index in [4.69, 9.17) is 10.6 Å². The van der Waals surface area contributed by atoms with Crippen LogP contribution in [-0.2, 0) is 16.1 Å². The zero-order chi connectivity index (χ0) is 13.0. The van der Waals surface area contributed by atoms with E-state index in [9.17, 15) is 9.59 Å². The number of carbonyl (C=O) groups excluding carboxylic acids is 2. The number of morpholine rings is 1. The van der Waals surface area contributed by atoms with Crippen molar-refractivity contribution in [3.05, 3.63) is 35.4 Å². The van der Waals surface area contributed by atoms with E-state index in [0.717, 1.165) is 5.56 Å². The number of nitrogens with two attached hydrogens (primary N) is 1. The summed E-state index contributed by atoms with van der Waals surface area (Å²) in [6.07, 6.45) is 0. The molecule has 0 unspecified atom stereocenters. The van der Waals surface area contributed by atoms with Gasteiger partial charge in [-0.25, -0.2) is 5.84 Å². The van der Waals surface area contributed by atoms with Crippen molar-refractivity contribution >= 4 is 11.8 Å². The van der Waals surface area contributed by atoms with Crippen LogP contribution in [0, 0.1) is 0 Å². The van der Waals surface area contributed by atoms with Crippen molar-refractivity contribution < 1.29 is 14.3 Å². The van der Waals surface area contributed by atoms with Gasteiger partial charge in [0.1, 0.15) is 6.61 Å². The number of hydrogen-bond donors (Lipinski definition) is 2. The Morgan fingerprint density at radius 3 is 2.94 bits per heavy atom. The molecule has 0 atom stereocenters. The molecule has 3 N–H and O–H groups in total. The highest BCUT2D eigenvalue weighted by molar-refractivity contribution is 5.95. The van der Waals surface area contributed by atoms with Gasteiger partial charge >= 0.3 is 0 Å². The van der Waals surface area contributed by atoms with Crippen molar-refractivity contribution in [2.24, 2.45) is 5.84 Å². The number of carbonyl (C=O) groups is 2. The van der Waals surface area contributed by atoms with E-state index in [1.54, 1.807) is 17.0 Å². The van der Waals surface area contributed by atoms with Crippen LogP contribution in [0.4, 0.5) is 0 Å². The van der Waals surface area contributed by atoms with Gasteiger partial charge in [-0.05, 0) is 11.6 Å². The van der Waals surface area contributed by atoms with Gasteiger partial charge in [-0.3, -0.25) is 15.0 Å². The summed E-state index contributed by atoms with van der Waals surface area (Å²) in [5.41, 5.74) is 3.36. The Morgan fingerprint density at radius 1 is 1.44 bits per heavy atom. The fourth-order valence-corrected chi connectivity index (χ4v) is 1.88. The van der Waals surface area contributed by atoms with Gasteiger partial charge in [0.25, 0.3) is 5.91 Å². The molecule has 2 rings (SSSR count). The highest BCUT2D eigenvalue weighted by Crippen LogP contribution is 2.13. The van der Waals surface area contributed by atoms with Crippen LogP contribution in [0.2, 0.25) is 0 Å². The molecule has 0 aliphatic carbocycles. The second-order valence-corrected chi connectivity index (χ2v) is 4.00. The summed E-state index contributed by atoms with van der Waals surface area (Å²) in [6, 6.07) is 7.08. The Bertz CT molecular complexity index is 462. The van der Waals surface area contributed by atoms with Crippen molar-refractivity contribution in [1.29, 1.82) is 0 Å². The first-order valence-corrected chi connectivity index (χ1v) is 5.66. The summed E-state index contributed by atoms with van der Waals surface area (Å²) in [4.78, 5) is 24.9. The molecule has 18 heavy (non-hydrogen) atoms. The van der Waals surface area contributed by atoms with Gasteiger partial charge < -0.3 is 9.64 Å². The fraction of sp³-hybridized carbons (Fsp3) is 0.333. The molecule has 1 aromatic rings. The molecule has 6 nitrogen and oxygen atoms in total. The second kappa shape index (κ2) is 5.61. The second-order valence-electron chi connectivity index (χ2n) is 4.00. The number of hydrazine groups is 1. The molecule has 1 aromatic carbocycles. The Hall–Kier alpha value is -1.92. The lowest BCUT2D eigenvalue weighted by molar-refractivity contribution is -0.143. The predicted molar refractivity (Wildman–Crippen MR) is 64.3 cm³/mol. The molecule has 0 radical (unpaired) electrons. The molecule has 6 heteroatoms. The third kappa shape index (κ3) is 2.66. The molecule has 1 fully saturated rings. The number of nitrogens with zero attached hydrogens (tertiary/aromatic N) is 1. The number of amides is 2. The molecular formula is C12H15N3O3. The van der Waals surface area contributed by atoms with E-state index >= 15 is 0 Å². The Kier molecular flexibility index (Phi) is 3.91. The minimum Gasteiger partial charge on any atom is -0.370 e. The first-order valence-electron chi connectivity index (χ1n) is 5.66. The normalized spacial score (nSPS) is 15.6. The Labute approximate surface area is 105 Å². The molecule has 1 aliphatic heterocycles. The average Bonchev–Trinajstić information content (AvgIpc) is 2.41. The third-order valence-electron chi connectivity index (χ3n) is 2.84. The summed E-state index contributed by atoms with van der Waals surface area (Å²) in [5.74, 6) is 4.71.